The number of nitrogens with one attached hydrogen (secondary N) is 1. The molecular weight excluding hydrogens is 446 g/mol. The highest BCUT2D eigenvalue weighted by Crippen LogP contribution is 2.26. The van der Waals surface area contributed by atoms with Gasteiger partial charge in [0.15, 0.2) is 0 Å². The Morgan fingerprint density at radius 2 is 2.07 bits per heavy atom. The number of allylic oxidation sites excluding steroid dienone is 1. The predicted molar refractivity (Wildman–Crippen MR) is 115 cm³/mol. The lowest BCUT2D eigenvalue weighted by Crippen LogP contribution is -2.24. The fourth-order valence-electron chi connectivity index (χ4n) is 2.67. The standard InChI is InChI=1S/C20H17BrClN3OS/c1-3-11-25-18(14-7-9-17(22)10-8-14)13(2)27-20(25)24-23-19(26)15-5-4-6-16(21)12-15/h3-10,12H,1,11H2,2H3,(H,23,26). The van der Waals surface area contributed by atoms with E-state index in [0.29, 0.717) is 21.9 Å². The zero-order valence-electron chi connectivity index (χ0n) is 14.6. The minimum Gasteiger partial charge on any atom is -0.311 e. The maximum atomic E-state index is 12.4. The molecule has 0 atom stereocenters. The van der Waals surface area contributed by atoms with Gasteiger partial charge in [0, 0.05) is 26.5 Å². The summed E-state index contributed by atoms with van der Waals surface area (Å²) in [6.45, 7) is 6.44. The number of hydrogen-bond donors (Lipinski definition) is 1. The van der Waals surface area contributed by atoms with Crippen molar-refractivity contribution in [2.45, 2.75) is 13.5 Å². The van der Waals surface area contributed by atoms with Gasteiger partial charge in [-0.25, -0.2) is 5.43 Å². The van der Waals surface area contributed by atoms with Gasteiger partial charge in [-0.1, -0.05) is 63.1 Å². The number of nitrogens with zero attached hydrogens (tertiary/aromatic N) is 2. The molecule has 0 aliphatic carbocycles. The van der Waals surface area contributed by atoms with Crippen molar-refractivity contribution in [2.75, 3.05) is 0 Å². The highest BCUT2D eigenvalue weighted by atomic mass is 79.9. The third kappa shape index (κ3) is 4.58. The van der Waals surface area contributed by atoms with E-state index in [4.69, 9.17) is 11.6 Å². The summed E-state index contributed by atoms with van der Waals surface area (Å²) in [6, 6.07) is 14.8. The molecule has 1 amide bonds. The smallest absolute Gasteiger partial charge is 0.271 e. The van der Waals surface area contributed by atoms with E-state index < -0.39 is 0 Å². The van der Waals surface area contributed by atoms with Gasteiger partial charge in [-0.2, -0.15) is 0 Å². The van der Waals surface area contributed by atoms with Crippen LogP contribution in [0.5, 0.6) is 0 Å². The molecule has 0 aliphatic heterocycles. The fourth-order valence-corrected chi connectivity index (χ4v) is 4.16. The number of aryl methyl sites for hydroxylation is 1. The largest absolute Gasteiger partial charge is 0.311 e. The molecule has 0 bridgehead atoms. The van der Waals surface area contributed by atoms with E-state index in [1.54, 1.807) is 18.2 Å². The number of carbonyl (C=O) groups excluding carboxylic acids is 1. The summed E-state index contributed by atoms with van der Waals surface area (Å²) in [5.41, 5.74) is 5.25. The summed E-state index contributed by atoms with van der Waals surface area (Å²) in [7, 11) is 0. The van der Waals surface area contributed by atoms with Crippen molar-refractivity contribution in [3.63, 3.8) is 0 Å². The maximum Gasteiger partial charge on any atom is 0.271 e. The van der Waals surface area contributed by atoms with Crippen LogP contribution in [0, 0.1) is 6.92 Å². The molecule has 3 aromatic rings. The number of thiazole rings is 1. The molecule has 1 N–H and O–H groups in total. The topological polar surface area (TPSA) is 46.4 Å². The van der Waals surface area contributed by atoms with Crippen LogP contribution in [-0.2, 0) is 6.54 Å². The maximum absolute atomic E-state index is 12.4. The monoisotopic (exact) mass is 461 g/mol. The zero-order valence-corrected chi connectivity index (χ0v) is 17.7. The van der Waals surface area contributed by atoms with Crippen molar-refractivity contribution in [2.24, 2.45) is 5.10 Å². The number of amides is 1. The van der Waals surface area contributed by atoms with Gasteiger partial charge in [0.25, 0.3) is 5.91 Å². The van der Waals surface area contributed by atoms with Crippen LogP contribution < -0.4 is 10.2 Å². The number of benzene rings is 2. The lowest BCUT2D eigenvalue weighted by Gasteiger charge is -2.08. The van der Waals surface area contributed by atoms with Gasteiger partial charge < -0.3 is 4.57 Å². The molecule has 138 valence electrons. The zero-order chi connectivity index (χ0) is 19.4. The van der Waals surface area contributed by atoms with Gasteiger partial charge in [-0.3, -0.25) is 4.79 Å². The Bertz CT molecular complexity index is 1050. The Morgan fingerprint density at radius 1 is 1.33 bits per heavy atom. The molecule has 0 radical (unpaired) electrons. The molecule has 2 aromatic carbocycles. The first-order valence-corrected chi connectivity index (χ1v) is 10.1. The molecule has 0 unspecified atom stereocenters. The van der Waals surface area contributed by atoms with Crippen LogP contribution in [0.3, 0.4) is 0 Å². The highest BCUT2D eigenvalue weighted by molar-refractivity contribution is 9.10. The van der Waals surface area contributed by atoms with Crippen molar-refractivity contribution < 1.29 is 4.79 Å². The lowest BCUT2D eigenvalue weighted by molar-refractivity contribution is 0.0953. The number of aromatic nitrogens is 1. The van der Waals surface area contributed by atoms with Crippen LogP contribution in [0.25, 0.3) is 11.3 Å². The summed E-state index contributed by atoms with van der Waals surface area (Å²) in [5.74, 6) is -0.263. The minimum absolute atomic E-state index is 0.263. The molecule has 0 saturated carbocycles. The molecule has 3 rings (SSSR count). The van der Waals surface area contributed by atoms with Gasteiger partial charge in [0.05, 0.1) is 5.69 Å². The SMILES string of the molecule is C=CCn1c(-c2ccc(Cl)cc2)c(C)sc1=NNC(=O)c1cccc(Br)c1. The first-order chi connectivity index (χ1) is 13.0. The second-order valence-corrected chi connectivity index (χ2v) is 8.29. The van der Waals surface area contributed by atoms with Gasteiger partial charge in [-0.15, -0.1) is 11.7 Å². The van der Waals surface area contributed by atoms with E-state index in [2.05, 4.69) is 33.0 Å². The third-order valence-electron chi connectivity index (χ3n) is 3.85. The van der Waals surface area contributed by atoms with E-state index in [-0.39, 0.29) is 5.91 Å². The van der Waals surface area contributed by atoms with E-state index in [0.717, 1.165) is 20.6 Å². The van der Waals surface area contributed by atoms with Crippen molar-refractivity contribution in [3.8, 4) is 11.3 Å². The Morgan fingerprint density at radius 3 is 2.74 bits per heavy atom. The molecule has 27 heavy (non-hydrogen) atoms. The molecule has 0 spiro atoms. The Hall–Kier alpha value is -2.15. The van der Waals surface area contributed by atoms with Gasteiger partial charge >= 0.3 is 0 Å². The number of rotatable bonds is 5. The summed E-state index contributed by atoms with van der Waals surface area (Å²) >= 11 is 10.9. The van der Waals surface area contributed by atoms with Crippen molar-refractivity contribution in [3.05, 3.63) is 85.9 Å². The number of carbonyl (C=O) groups is 1. The molecule has 4 nitrogen and oxygen atoms in total. The Balaban J connectivity index is 1.99. The predicted octanol–water partition coefficient (Wildman–Crippen LogP) is 5.37. The summed E-state index contributed by atoms with van der Waals surface area (Å²) < 4.78 is 2.87. The summed E-state index contributed by atoms with van der Waals surface area (Å²) in [4.78, 5) is 14.2. The first kappa shape index (κ1) is 19.6. The van der Waals surface area contributed by atoms with Gasteiger partial charge in [-0.05, 0) is 42.8 Å². The van der Waals surface area contributed by atoms with Crippen LogP contribution >= 0.6 is 38.9 Å². The van der Waals surface area contributed by atoms with E-state index >= 15 is 0 Å². The third-order valence-corrected chi connectivity index (χ3v) is 5.59. The second kappa shape index (κ2) is 8.69. The first-order valence-electron chi connectivity index (χ1n) is 8.16. The van der Waals surface area contributed by atoms with E-state index in [1.165, 1.54) is 11.3 Å². The average Bonchev–Trinajstić information content (AvgIpc) is 2.96. The molecule has 0 fully saturated rings. The van der Waals surface area contributed by atoms with Crippen molar-refractivity contribution >= 4 is 44.8 Å². The van der Waals surface area contributed by atoms with Crippen LogP contribution in [0.4, 0.5) is 0 Å². The van der Waals surface area contributed by atoms with Crippen LogP contribution in [0.1, 0.15) is 15.2 Å². The summed E-state index contributed by atoms with van der Waals surface area (Å²) in [6.07, 6.45) is 1.81. The second-order valence-electron chi connectivity index (χ2n) is 5.76. The molecule has 7 heteroatoms. The van der Waals surface area contributed by atoms with E-state index in [9.17, 15) is 4.79 Å². The normalized spacial score (nSPS) is 11.4. The van der Waals surface area contributed by atoms with Crippen molar-refractivity contribution in [1.29, 1.82) is 0 Å². The summed E-state index contributed by atoms with van der Waals surface area (Å²) in [5, 5.41) is 5.04. The van der Waals surface area contributed by atoms with Crippen LogP contribution in [0.15, 0.2) is 70.8 Å². The molecule has 0 aliphatic rings. The molecule has 1 heterocycles. The quantitative estimate of drug-likeness (QED) is 0.402. The number of halogens is 2. The molecule has 0 saturated heterocycles. The van der Waals surface area contributed by atoms with Crippen LogP contribution in [-0.4, -0.2) is 10.5 Å². The van der Waals surface area contributed by atoms with Gasteiger partial charge in [0.2, 0.25) is 4.80 Å². The number of hydrogen-bond acceptors (Lipinski definition) is 3. The minimum atomic E-state index is -0.263. The highest BCUT2D eigenvalue weighted by Gasteiger charge is 2.13. The molecular formula is C20H17BrClN3OS. The average molecular weight is 463 g/mol. The Labute approximate surface area is 174 Å². The van der Waals surface area contributed by atoms with E-state index in [1.807, 2.05) is 47.9 Å². The van der Waals surface area contributed by atoms with Crippen molar-refractivity contribution in [1.82, 2.24) is 9.99 Å². The van der Waals surface area contributed by atoms with Gasteiger partial charge in [0.1, 0.15) is 0 Å². The van der Waals surface area contributed by atoms with Crippen LogP contribution in [0.2, 0.25) is 5.02 Å². The fraction of sp³-hybridized carbons (Fsp3) is 0.100. The molecule has 1 aromatic heterocycles. The Kier molecular flexibility index (Phi) is 6.31. The lowest BCUT2D eigenvalue weighted by atomic mass is 10.1.